The molecule has 0 spiro atoms. The molecule has 8 nitrogen and oxygen atoms in total. The number of ether oxygens (including phenoxy) is 2. The van der Waals surface area contributed by atoms with Crippen LogP contribution >= 0.6 is 7.82 Å². The molecule has 9 heteroatoms. The molecule has 0 heterocycles. The topological polar surface area (TPSA) is 91.3 Å². The van der Waals surface area contributed by atoms with Crippen LogP contribution in [0.25, 0.3) is 0 Å². The number of phosphoric ester groups is 1. The number of unbranched alkanes of at least 4 members (excludes halogenated alkanes) is 23. The van der Waals surface area contributed by atoms with Crippen molar-refractivity contribution in [3.05, 3.63) is 48.8 Å². The summed E-state index contributed by atoms with van der Waals surface area (Å²) in [5, 5.41) is 0. The van der Waals surface area contributed by atoms with Crippen LogP contribution in [-0.4, -0.2) is 69.0 Å². The van der Waals surface area contributed by atoms with Crippen LogP contribution in [0, 0.1) is 0 Å². The van der Waals surface area contributed by atoms with Gasteiger partial charge >= 0.3 is 13.8 Å². The Kier molecular flexibility index (Phi) is 39.8. The summed E-state index contributed by atoms with van der Waals surface area (Å²) in [5.74, 6) is -0.342. The van der Waals surface area contributed by atoms with E-state index in [1.807, 2.05) is 27.2 Å². The van der Waals surface area contributed by atoms with Crippen LogP contribution in [0.3, 0.4) is 0 Å². The van der Waals surface area contributed by atoms with Crippen molar-refractivity contribution < 1.29 is 37.3 Å². The van der Waals surface area contributed by atoms with Gasteiger partial charge in [0.1, 0.15) is 19.8 Å². The molecule has 0 aromatic carbocycles. The second-order valence-corrected chi connectivity index (χ2v) is 18.3. The summed E-state index contributed by atoms with van der Waals surface area (Å²) in [6, 6.07) is 0. The van der Waals surface area contributed by atoms with E-state index in [1.165, 1.54) is 141 Å². The molecule has 0 aromatic heterocycles. The van der Waals surface area contributed by atoms with Crippen molar-refractivity contribution in [3.8, 4) is 0 Å². The van der Waals surface area contributed by atoms with Crippen molar-refractivity contribution in [2.24, 2.45) is 0 Å². The first-order valence-electron chi connectivity index (χ1n) is 23.4. The summed E-state index contributed by atoms with van der Waals surface area (Å²) >= 11 is 0. The Labute approximate surface area is 352 Å². The third-order valence-corrected chi connectivity index (χ3v) is 10.9. The highest BCUT2D eigenvalue weighted by Gasteiger charge is 2.26. The average Bonchev–Trinajstić information content (AvgIpc) is 3.16. The van der Waals surface area contributed by atoms with E-state index in [0.717, 1.165) is 38.5 Å². The van der Waals surface area contributed by atoms with E-state index in [9.17, 15) is 14.3 Å². The van der Waals surface area contributed by atoms with Crippen LogP contribution in [0.2, 0.25) is 0 Å². The third kappa shape index (κ3) is 45.2. The highest BCUT2D eigenvalue weighted by Crippen LogP contribution is 2.43. The Morgan fingerprint density at radius 2 is 0.982 bits per heavy atom. The van der Waals surface area contributed by atoms with Gasteiger partial charge in [-0.1, -0.05) is 153 Å². The van der Waals surface area contributed by atoms with Crippen molar-refractivity contribution in [3.63, 3.8) is 0 Å². The first kappa shape index (κ1) is 55.3. The van der Waals surface area contributed by atoms with Gasteiger partial charge in [0.2, 0.25) is 0 Å². The van der Waals surface area contributed by atoms with E-state index in [0.29, 0.717) is 17.4 Å². The van der Waals surface area contributed by atoms with Crippen LogP contribution in [0.1, 0.15) is 200 Å². The molecule has 1 unspecified atom stereocenters. The Bertz CT molecular complexity index is 1050. The number of esters is 1. The molecule has 0 bridgehead atoms. The number of allylic oxidation sites excluding steroid dienone is 7. The largest absolute Gasteiger partial charge is 0.498 e. The number of nitrogens with zero attached hydrogens (tertiary/aromatic N) is 1. The lowest BCUT2D eigenvalue weighted by atomic mass is 10.1. The molecule has 0 rings (SSSR count). The van der Waals surface area contributed by atoms with E-state index in [1.54, 1.807) is 6.26 Å². The first-order valence-corrected chi connectivity index (χ1v) is 24.9. The molecule has 0 amide bonds. The van der Waals surface area contributed by atoms with Gasteiger partial charge in [-0.25, -0.2) is 4.57 Å². The van der Waals surface area contributed by atoms with Crippen molar-refractivity contribution in [1.82, 2.24) is 0 Å². The zero-order valence-electron chi connectivity index (χ0n) is 37.8. The number of hydrogen-bond acceptors (Lipinski definition) is 6. The van der Waals surface area contributed by atoms with Crippen molar-refractivity contribution >= 4 is 13.8 Å². The standard InChI is InChI=1S/C48H90NO7P/c1-6-8-10-12-14-16-18-20-22-24-25-26-27-29-31-33-35-37-39-41-48(50)56-47(46-55-57(51,52)54-44-42-49(3,4)5)45-53-43-40-38-36-34-32-30-28-23-21-19-17-15-13-11-9-7-2/h14,16-17,19-20,22,40,43,47H,6-13,15,18,21,23-39,41-42,44-46H2,1-5H3/p+1/b16-14-,19-17-,22-20-,43-40-/t47-/m1/s1. The van der Waals surface area contributed by atoms with E-state index in [2.05, 4.69) is 50.3 Å². The SMILES string of the molecule is CCCCC/C=C\C/C=C\CCCCCCCCCCCC(=O)O[C@H](CO/C=C\CCCCCCCC/C=C\CCCCCC)COP(=O)(O)OCC[N+](C)(C)C. The van der Waals surface area contributed by atoms with E-state index >= 15 is 0 Å². The molecule has 0 aliphatic heterocycles. The first-order chi connectivity index (χ1) is 27.6. The Balaban J connectivity index is 4.26. The van der Waals surface area contributed by atoms with Gasteiger partial charge in [0.15, 0.2) is 6.10 Å². The quantitative estimate of drug-likeness (QED) is 0.0163. The minimum Gasteiger partial charge on any atom is -0.498 e. The fourth-order valence-electron chi connectivity index (χ4n) is 6.25. The lowest BCUT2D eigenvalue weighted by Gasteiger charge is -2.24. The van der Waals surface area contributed by atoms with Crippen LogP contribution in [0.4, 0.5) is 0 Å². The highest BCUT2D eigenvalue weighted by molar-refractivity contribution is 7.47. The highest BCUT2D eigenvalue weighted by atomic mass is 31.2. The normalized spacial score (nSPS) is 14.1. The molecule has 0 aliphatic carbocycles. The van der Waals surface area contributed by atoms with E-state index in [4.69, 9.17) is 18.5 Å². The maximum absolute atomic E-state index is 12.7. The summed E-state index contributed by atoms with van der Waals surface area (Å²) in [7, 11) is 1.63. The molecular formula is C48H91NO7P+. The van der Waals surface area contributed by atoms with E-state index in [-0.39, 0.29) is 25.8 Å². The van der Waals surface area contributed by atoms with Crippen LogP contribution in [0.5, 0.6) is 0 Å². The van der Waals surface area contributed by atoms with Gasteiger partial charge in [0.05, 0.1) is 34.0 Å². The molecule has 0 radical (unpaired) electrons. The maximum Gasteiger partial charge on any atom is 0.472 e. The second-order valence-electron chi connectivity index (χ2n) is 16.8. The minimum absolute atomic E-state index is 0.0428. The van der Waals surface area contributed by atoms with Crippen molar-refractivity contribution in [2.75, 3.05) is 47.5 Å². The van der Waals surface area contributed by atoms with Gasteiger partial charge < -0.3 is 18.9 Å². The second kappa shape index (κ2) is 41.1. The van der Waals surface area contributed by atoms with Crippen molar-refractivity contribution in [2.45, 2.75) is 206 Å². The number of carbonyl (C=O) groups excluding carboxylic acids is 1. The summed E-state index contributed by atoms with van der Waals surface area (Å²) < 4.78 is 34.8. The fraction of sp³-hybridized carbons (Fsp3) is 0.812. The average molecular weight is 825 g/mol. The monoisotopic (exact) mass is 825 g/mol. The smallest absolute Gasteiger partial charge is 0.472 e. The molecular weight excluding hydrogens is 734 g/mol. The zero-order valence-corrected chi connectivity index (χ0v) is 38.7. The van der Waals surface area contributed by atoms with E-state index < -0.39 is 13.9 Å². The molecule has 57 heavy (non-hydrogen) atoms. The van der Waals surface area contributed by atoms with Crippen LogP contribution in [-0.2, 0) is 27.9 Å². The Morgan fingerprint density at radius 1 is 0.561 bits per heavy atom. The van der Waals surface area contributed by atoms with Crippen LogP contribution < -0.4 is 0 Å². The lowest BCUT2D eigenvalue weighted by molar-refractivity contribution is -0.870. The fourth-order valence-corrected chi connectivity index (χ4v) is 6.99. The molecule has 0 saturated heterocycles. The summed E-state index contributed by atoms with van der Waals surface area (Å²) in [6.45, 7) is 4.89. The summed E-state index contributed by atoms with van der Waals surface area (Å²) in [5.41, 5.74) is 0. The van der Waals surface area contributed by atoms with Gasteiger partial charge in [-0.15, -0.1) is 0 Å². The summed E-state index contributed by atoms with van der Waals surface area (Å²) in [6.07, 6.45) is 50.9. The molecule has 0 saturated carbocycles. The third-order valence-electron chi connectivity index (χ3n) is 9.93. The lowest BCUT2D eigenvalue weighted by Crippen LogP contribution is -2.37. The number of quaternary nitrogens is 1. The molecule has 2 atom stereocenters. The van der Waals surface area contributed by atoms with Gasteiger partial charge in [-0.05, 0) is 83.1 Å². The Hall–Kier alpha value is -1.70. The number of carbonyl (C=O) groups is 1. The van der Waals surface area contributed by atoms with Crippen LogP contribution in [0.15, 0.2) is 48.8 Å². The molecule has 0 aromatic rings. The van der Waals surface area contributed by atoms with Gasteiger partial charge in [0.25, 0.3) is 0 Å². The Morgan fingerprint density at radius 3 is 1.49 bits per heavy atom. The molecule has 1 N–H and O–H groups in total. The summed E-state index contributed by atoms with van der Waals surface area (Å²) in [4.78, 5) is 22.9. The minimum atomic E-state index is -4.30. The molecule has 0 fully saturated rings. The zero-order chi connectivity index (χ0) is 42.0. The predicted octanol–water partition coefficient (Wildman–Crippen LogP) is 14.3. The molecule has 334 valence electrons. The number of likely N-dealkylation sites (N-methyl/N-ethyl adjacent to an activating group) is 1. The predicted molar refractivity (Wildman–Crippen MR) is 242 cm³/mol. The van der Waals surface area contributed by atoms with Gasteiger partial charge in [-0.2, -0.15) is 0 Å². The maximum atomic E-state index is 12.7. The number of rotatable bonds is 43. The van der Waals surface area contributed by atoms with Gasteiger partial charge in [-0.3, -0.25) is 13.8 Å². The van der Waals surface area contributed by atoms with Crippen molar-refractivity contribution in [1.29, 1.82) is 0 Å². The molecule has 0 aliphatic rings. The number of hydrogen-bond donors (Lipinski definition) is 1. The van der Waals surface area contributed by atoms with Gasteiger partial charge in [0, 0.05) is 6.42 Å². The number of phosphoric acid groups is 1.